The van der Waals surface area contributed by atoms with Crippen LogP contribution in [0.25, 0.3) is 11.1 Å². The Hall–Kier alpha value is -4.41. The van der Waals surface area contributed by atoms with Gasteiger partial charge in [0.05, 0.1) is 31.7 Å². The largest absolute Gasteiger partial charge is 0.489 e. The second kappa shape index (κ2) is 10.3. The lowest BCUT2D eigenvalue weighted by molar-refractivity contribution is -0.149. The van der Waals surface area contributed by atoms with E-state index >= 15 is 4.39 Å². The second-order valence-electron chi connectivity index (χ2n) is 10.2. The highest BCUT2D eigenvalue weighted by Crippen LogP contribution is 2.38. The summed E-state index contributed by atoms with van der Waals surface area (Å²) >= 11 is 0. The Kier molecular flexibility index (Phi) is 6.65. The molecule has 0 bridgehead atoms. The second-order valence-corrected chi connectivity index (χ2v) is 10.2. The number of aromatic nitrogens is 2. The first-order chi connectivity index (χ1) is 19.3. The molecular formula is C29H29FN4O6. The van der Waals surface area contributed by atoms with Crippen molar-refractivity contribution in [2.24, 2.45) is 0 Å². The molecule has 208 valence electrons. The summed E-state index contributed by atoms with van der Waals surface area (Å²) in [5.41, 5.74) is 3.04. The maximum absolute atomic E-state index is 15.4. The van der Waals surface area contributed by atoms with Crippen LogP contribution in [0.15, 0.2) is 42.7 Å². The highest BCUT2D eigenvalue weighted by Gasteiger charge is 2.42. The van der Waals surface area contributed by atoms with E-state index in [4.69, 9.17) is 14.6 Å². The van der Waals surface area contributed by atoms with E-state index in [9.17, 15) is 14.4 Å². The number of hydrogen-bond acceptors (Lipinski definition) is 6. The van der Waals surface area contributed by atoms with Crippen molar-refractivity contribution in [3.05, 3.63) is 71.1 Å². The first-order valence-electron chi connectivity index (χ1n) is 13.4. The minimum absolute atomic E-state index is 0.0579. The molecule has 10 nitrogen and oxygen atoms in total. The van der Waals surface area contributed by atoms with Gasteiger partial charge in [0.25, 0.3) is 5.91 Å². The number of benzene rings is 2. The van der Waals surface area contributed by atoms with Crippen molar-refractivity contribution in [2.45, 2.75) is 51.4 Å². The van der Waals surface area contributed by atoms with E-state index in [2.05, 4.69) is 4.98 Å². The maximum Gasteiger partial charge on any atom is 0.407 e. The van der Waals surface area contributed by atoms with Gasteiger partial charge < -0.3 is 28.9 Å². The number of carbonyl (C=O) groups is 3. The highest BCUT2D eigenvalue weighted by molar-refractivity contribution is 6.02. The van der Waals surface area contributed by atoms with Gasteiger partial charge in [-0.2, -0.15) is 0 Å². The molecule has 2 amide bonds. The Morgan fingerprint density at radius 1 is 1.18 bits per heavy atom. The lowest BCUT2D eigenvalue weighted by Crippen LogP contribution is -2.36. The molecule has 1 aromatic heterocycles. The summed E-state index contributed by atoms with van der Waals surface area (Å²) in [5.74, 6) is -0.976. The summed E-state index contributed by atoms with van der Waals surface area (Å²) in [6.07, 6.45) is 2.77. The van der Waals surface area contributed by atoms with E-state index in [1.54, 1.807) is 43.6 Å². The number of carboxylic acid groups (broad SMARTS) is 1. The summed E-state index contributed by atoms with van der Waals surface area (Å²) in [6.45, 7) is 3.33. The molecule has 3 aromatic rings. The molecule has 6 rings (SSSR count). The molecule has 0 aliphatic carbocycles. The van der Waals surface area contributed by atoms with Crippen molar-refractivity contribution in [3.63, 3.8) is 0 Å². The van der Waals surface area contributed by atoms with Gasteiger partial charge >= 0.3 is 12.1 Å². The molecule has 2 atom stereocenters. The van der Waals surface area contributed by atoms with Crippen LogP contribution in [0.4, 0.5) is 9.18 Å². The number of halogens is 1. The summed E-state index contributed by atoms with van der Waals surface area (Å²) < 4.78 is 28.6. The van der Waals surface area contributed by atoms with Gasteiger partial charge in [-0.1, -0.05) is 12.1 Å². The van der Waals surface area contributed by atoms with Crippen LogP contribution >= 0.6 is 0 Å². The van der Waals surface area contributed by atoms with Crippen LogP contribution in [0, 0.1) is 5.82 Å². The van der Waals surface area contributed by atoms with Crippen molar-refractivity contribution < 1.29 is 33.4 Å². The van der Waals surface area contributed by atoms with Crippen molar-refractivity contribution in [3.8, 4) is 16.9 Å². The van der Waals surface area contributed by atoms with E-state index in [0.717, 1.165) is 25.1 Å². The Morgan fingerprint density at radius 2 is 1.98 bits per heavy atom. The van der Waals surface area contributed by atoms with Gasteiger partial charge in [0.1, 0.15) is 17.7 Å². The van der Waals surface area contributed by atoms with Gasteiger partial charge in [-0.3, -0.25) is 4.79 Å². The quantitative estimate of drug-likeness (QED) is 0.444. The molecule has 3 aliphatic rings. The van der Waals surface area contributed by atoms with E-state index in [1.807, 2.05) is 4.57 Å². The number of nitrogens with zero attached hydrogens (tertiary/aromatic N) is 4. The number of esters is 1. The molecule has 1 unspecified atom stereocenters. The fraction of sp³-hybridized carbons (Fsp3) is 0.379. The number of amides is 2. The lowest BCUT2D eigenvalue weighted by atomic mass is 9.99. The van der Waals surface area contributed by atoms with E-state index < -0.39 is 29.8 Å². The normalized spacial score (nSPS) is 18.6. The fourth-order valence-corrected chi connectivity index (χ4v) is 5.82. The van der Waals surface area contributed by atoms with Crippen molar-refractivity contribution in [2.75, 3.05) is 19.7 Å². The van der Waals surface area contributed by atoms with Crippen LogP contribution in [-0.4, -0.2) is 68.2 Å². The SMILES string of the molecule is CCOC(=O)C(c1ncn2c1CCC2)N1Cc2c(F)cc(-c3ccc(O[C@@H]4CCN(C(=O)O)C4)cc3)cc2C1=O. The number of imidazole rings is 1. The summed E-state index contributed by atoms with van der Waals surface area (Å²) in [6, 6.07) is 9.02. The van der Waals surface area contributed by atoms with Gasteiger partial charge in [0.2, 0.25) is 0 Å². The maximum atomic E-state index is 15.4. The summed E-state index contributed by atoms with van der Waals surface area (Å²) in [4.78, 5) is 45.0. The number of carbonyl (C=O) groups excluding carboxylic acids is 2. The number of hydrogen-bond donors (Lipinski definition) is 1. The smallest absolute Gasteiger partial charge is 0.407 e. The molecule has 2 aromatic carbocycles. The van der Waals surface area contributed by atoms with Gasteiger partial charge in [-0.15, -0.1) is 0 Å². The molecule has 3 aliphatic heterocycles. The van der Waals surface area contributed by atoms with Crippen molar-refractivity contribution in [1.29, 1.82) is 0 Å². The van der Waals surface area contributed by atoms with Crippen LogP contribution in [0.5, 0.6) is 5.75 Å². The standard InChI is InChI=1S/C29H29FN4O6/c1-2-39-28(36)26(25-24-4-3-10-33(24)16-31-25)34-15-22-21(27(34)35)12-18(13-23(22)30)17-5-7-19(8-6-17)40-20-9-11-32(14-20)29(37)38/h5-8,12-13,16,20,26H,2-4,9-11,14-15H2,1H3,(H,37,38)/t20-,26?/m1/s1. The lowest BCUT2D eigenvalue weighted by Gasteiger charge is -2.25. The van der Waals surface area contributed by atoms with Gasteiger partial charge in [-0.05, 0) is 55.2 Å². The van der Waals surface area contributed by atoms with Crippen molar-refractivity contribution >= 4 is 18.0 Å². The fourth-order valence-electron chi connectivity index (χ4n) is 5.82. The predicted molar refractivity (Wildman–Crippen MR) is 140 cm³/mol. The number of ether oxygens (including phenoxy) is 2. The molecule has 0 spiro atoms. The number of rotatable bonds is 7. The Labute approximate surface area is 229 Å². The van der Waals surface area contributed by atoms with E-state index in [0.29, 0.717) is 42.1 Å². The third-order valence-corrected chi connectivity index (χ3v) is 7.79. The van der Waals surface area contributed by atoms with Crippen LogP contribution in [-0.2, 0) is 29.0 Å². The topological polar surface area (TPSA) is 114 Å². The summed E-state index contributed by atoms with van der Waals surface area (Å²) in [5, 5.41) is 9.14. The van der Waals surface area contributed by atoms with Gasteiger partial charge in [0.15, 0.2) is 6.04 Å². The van der Waals surface area contributed by atoms with E-state index in [-0.39, 0.29) is 30.4 Å². The number of likely N-dealkylation sites (tertiary alicyclic amines) is 1. The van der Waals surface area contributed by atoms with Crippen LogP contribution in [0.2, 0.25) is 0 Å². The molecule has 4 heterocycles. The zero-order valence-corrected chi connectivity index (χ0v) is 22.0. The highest BCUT2D eigenvalue weighted by atomic mass is 19.1. The van der Waals surface area contributed by atoms with Crippen molar-refractivity contribution in [1.82, 2.24) is 19.4 Å². The third kappa shape index (κ3) is 4.55. The van der Waals surface area contributed by atoms with E-state index in [1.165, 1.54) is 15.9 Å². The molecule has 0 saturated carbocycles. The zero-order valence-electron chi connectivity index (χ0n) is 22.0. The first kappa shape index (κ1) is 25.8. The average Bonchev–Trinajstić information content (AvgIpc) is 3.72. The Balaban J connectivity index is 1.24. The van der Waals surface area contributed by atoms with Gasteiger partial charge in [0, 0.05) is 36.3 Å². The minimum atomic E-state index is -1.05. The number of fused-ring (bicyclic) bond motifs is 2. The minimum Gasteiger partial charge on any atom is -0.489 e. The van der Waals surface area contributed by atoms with Crippen LogP contribution in [0.1, 0.15) is 53.1 Å². The molecule has 1 N–H and O–H groups in total. The van der Waals surface area contributed by atoms with Crippen LogP contribution in [0.3, 0.4) is 0 Å². The molecule has 1 fully saturated rings. The van der Waals surface area contributed by atoms with Gasteiger partial charge in [-0.25, -0.2) is 19.0 Å². The zero-order chi connectivity index (χ0) is 28.0. The summed E-state index contributed by atoms with van der Waals surface area (Å²) in [7, 11) is 0. The molecule has 1 saturated heterocycles. The third-order valence-electron chi connectivity index (χ3n) is 7.79. The molecular weight excluding hydrogens is 519 g/mol. The Bertz CT molecular complexity index is 1490. The average molecular weight is 549 g/mol. The first-order valence-corrected chi connectivity index (χ1v) is 13.4. The molecule has 40 heavy (non-hydrogen) atoms. The number of aryl methyl sites for hydroxylation is 1. The molecule has 0 radical (unpaired) electrons. The monoisotopic (exact) mass is 548 g/mol. The van der Waals surface area contributed by atoms with Crippen LogP contribution < -0.4 is 4.74 Å². The predicted octanol–water partition coefficient (Wildman–Crippen LogP) is 4.03. The Morgan fingerprint density at radius 3 is 2.70 bits per heavy atom. The molecule has 11 heteroatoms.